The summed E-state index contributed by atoms with van der Waals surface area (Å²) < 4.78 is 19.1. The molecule has 4 aromatic rings. The van der Waals surface area contributed by atoms with Crippen molar-refractivity contribution >= 4 is 34.0 Å². The summed E-state index contributed by atoms with van der Waals surface area (Å²) in [6.45, 7) is -0.305. The van der Waals surface area contributed by atoms with Gasteiger partial charge in [-0.25, -0.2) is 4.39 Å². The van der Waals surface area contributed by atoms with E-state index in [1.807, 2.05) is 0 Å². The molecule has 8 heteroatoms. The molecule has 0 spiro atoms. The fourth-order valence-electron chi connectivity index (χ4n) is 3.27. The predicted molar refractivity (Wildman–Crippen MR) is 122 cm³/mol. The van der Waals surface area contributed by atoms with E-state index in [0.29, 0.717) is 27.9 Å². The summed E-state index contributed by atoms with van der Waals surface area (Å²) in [5, 5.41) is 25.6. The van der Waals surface area contributed by atoms with Gasteiger partial charge in [-0.05, 0) is 42.5 Å². The predicted octanol–water partition coefficient (Wildman–Crippen LogP) is 4.66. The third kappa shape index (κ3) is 5.01. The molecule has 0 radical (unpaired) electrons. The van der Waals surface area contributed by atoms with Crippen LogP contribution in [-0.4, -0.2) is 28.6 Å². The molecule has 0 atom stereocenters. The molecule has 0 heterocycles. The van der Waals surface area contributed by atoms with Crippen LogP contribution < -0.4 is 15.4 Å². The molecule has 4 N–H and O–H groups in total. The molecule has 0 bridgehead atoms. The van der Waals surface area contributed by atoms with Crippen LogP contribution in [-0.2, 0) is 4.79 Å². The van der Waals surface area contributed by atoms with E-state index in [4.69, 9.17) is 4.74 Å². The quantitative estimate of drug-likeness (QED) is 0.255. The summed E-state index contributed by atoms with van der Waals surface area (Å²) in [6, 6.07) is 19.8. The third-order valence-corrected chi connectivity index (χ3v) is 4.84. The zero-order valence-electron chi connectivity index (χ0n) is 17.2. The van der Waals surface area contributed by atoms with Crippen molar-refractivity contribution in [3.8, 4) is 17.2 Å². The van der Waals surface area contributed by atoms with Crippen molar-refractivity contribution in [3.63, 3.8) is 0 Å². The van der Waals surface area contributed by atoms with Crippen LogP contribution >= 0.6 is 0 Å². The van der Waals surface area contributed by atoms with Crippen LogP contribution in [0.1, 0.15) is 10.4 Å². The van der Waals surface area contributed by atoms with Gasteiger partial charge in [0.2, 0.25) is 0 Å². The van der Waals surface area contributed by atoms with Gasteiger partial charge in [-0.3, -0.25) is 9.59 Å². The van der Waals surface area contributed by atoms with Gasteiger partial charge in [0.1, 0.15) is 11.6 Å². The number of phenolic OH excluding ortho intramolecular Hbond substituents is 2. The number of halogens is 1. The first-order valence-corrected chi connectivity index (χ1v) is 9.94. The van der Waals surface area contributed by atoms with Gasteiger partial charge in [0, 0.05) is 33.8 Å². The molecule has 4 aromatic carbocycles. The molecule has 0 unspecified atom stereocenters. The van der Waals surface area contributed by atoms with E-state index >= 15 is 0 Å². The number of anilines is 2. The number of carbonyl (C=O) groups excluding carboxylic acids is 2. The maximum atomic E-state index is 13.4. The van der Waals surface area contributed by atoms with Gasteiger partial charge < -0.3 is 25.6 Å². The normalized spacial score (nSPS) is 10.6. The number of hydrogen-bond donors (Lipinski definition) is 4. The number of hydrogen-bond acceptors (Lipinski definition) is 5. The second kappa shape index (κ2) is 9.27. The summed E-state index contributed by atoms with van der Waals surface area (Å²) in [6.07, 6.45) is 0. The highest BCUT2D eigenvalue weighted by atomic mass is 19.1. The molecule has 2 amide bonds. The van der Waals surface area contributed by atoms with Crippen LogP contribution in [0.25, 0.3) is 10.8 Å². The number of amides is 2. The van der Waals surface area contributed by atoms with E-state index in [-0.39, 0.29) is 23.7 Å². The minimum Gasteiger partial charge on any atom is -0.504 e. The second-order valence-corrected chi connectivity index (χ2v) is 7.16. The van der Waals surface area contributed by atoms with E-state index in [0.717, 1.165) is 6.07 Å². The Kier molecular flexibility index (Phi) is 6.08. The minimum atomic E-state index is -0.503. The van der Waals surface area contributed by atoms with E-state index < -0.39 is 17.6 Å². The molecule has 7 nitrogen and oxygen atoms in total. The summed E-state index contributed by atoms with van der Waals surface area (Å²) in [7, 11) is 0. The zero-order chi connectivity index (χ0) is 23.4. The van der Waals surface area contributed by atoms with Gasteiger partial charge in [-0.15, -0.1) is 0 Å². The highest BCUT2D eigenvalue weighted by Crippen LogP contribution is 2.32. The van der Waals surface area contributed by atoms with Crippen molar-refractivity contribution < 1.29 is 28.9 Å². The molecule has 0 aliphatic rings. The number of aromatic hydroxyl groups is 2. The van der Waals surface area contributed by atoms with Gasteiger partial charge in [0.15, 0.2) is 18.1 Å². The molecule has 0 saturated carbocycles. The molecule has 0 saturated heterocycles. The molecule has 0 aliphatic carbocycles. The maximum Gasteiger partial charge on any atom is 0.262 e. The lowest BCUT2D eigenvalue weighted by Gasteiger charge is -2.14. The molecule has 0 aliphatic heterocycles. The smallest absolute Gasteiger partial charge is 0.262 e. The topological polar surface area (TPSA) is 108 Å². The van der Waals surface area contributed by atoms with E-state index in [2.05, 4.69) is 10.6 Å². The minimum absolute atomic E-state index is 0.191. The van der Waals surface area contributed by atoms with Crippen molar-refractivity contribution in [2.24, 2.45) is 0 Å². The Bertz CT molecular complexity index is 1360. The lowest BCUT2D eigenvalue weighted by molar-refractivity contribution is -0.118. The number of benzene rings is 4. The number of fused-ring (bicyclic) bond motifs is 1. The van der Waals surface area contributed by atoms with Gasteiger partial charge in [0.05, 0.1) is 0 Å². The first-order valence-electron chi connectivity index (χ1n) is 9.94. The molecular formula is C25H19FN2O5. The lowest BCUT2D eigenvalue weighted by Crippen LogP contribution is -2.20. The summed E-state index contributed by atoms with van der Waals surface area (Å²) in [4.78, 5) is 24.8. The Hall–Kier alpha value is -4.59. The summed E-state index contributed by atoms with van der Waals surface area (Å²) >= 11 is 0. The number of nitrogens with one attached hydrogen (secondary N) is 2. The molecule has 33 heavy (non-hydrogen) atoms. The van der Waals surface area contributed by atoms with Crippen LogP contribution in [0.3, 0.4) is 0 Å². The van der Waals surface area contributed by atoms with E-state index in [1.54, 1.807) is 36.4 Å². The van der Waals surface area contributed by atoms with Crippen LogP contribution in [0.15, 0.2) is 78.9 Å². The third-order valence-electron chi connectivity index (χ3n) is 4.84. The summed E-state index contributed by atoms with van der Waals surface area (Å²) in [5.41, 5.74) is 1.01. The van der Waals surface area contributed by atoms with Crippen molar-refractivity contribution in [3.05, 3.63) is 90.2 Å². The van der Waals surface area contributed by atoms with Gasteiger partial charge in [-0.1, -0.05) is 30.3 Å². The largest absolute Gasteiger partial charge is 0.504 e. The van der Waals surface area contributed by atoms with Crippen molar-refractivity contribution in [2.45, 2.75) is 0 Å². The lowest BCUT2D eigenvalue weighted by atomic mass is 10.1. The van der Waals surface area contributed by atoms with Crippen LogP contribution in [0.5, 0.6) is 17.2 Å². The van der Waals surface area contributed by atoms with Crippen LogP contribution in [0, 0.1) is 5.82 Å². The SMILES string of the molecule is O=C(COc1ccc(NC(=O)c2cccc(F)c2)c2ccccc12)Nc1ccc(O)c(O)c1. The van der Waals surface area contributed by atoms with Crippen LogP contribution in [0.4, 0.5) is 15.8 Å². The highest BCUT2D eigenvalue weighted by Gasteiger charge is 2.13. The Labute approximate surface area is 188 Å². The Morgan fingerprint density at radius 2 is 1.61 bits per heavy atom. The fraction of sp³-hybridized carbons (Fsp3) is 0.0400. The van der Waals surface area contributed by atoms with E-state index in [9.17, 15) is 24.2 Å². The van der Waals surface area contributed by atoms with E-state index in [1.165, 1.54) is 36.4 Å². The number of rotatable bonds is 6. The second-order valence-electron chi connectivity index (χ2n) is 7.16. The van der Waals surface area contributed by atoms with Gasteiger partial charge in [-0.2, -0.15) is 0 Å². The molecule has 166 valence electrons. The summed E-state index contributed by atoms with van der Waals surface area (Å²) in [5.74, 6) is -1.64. The van der Waals surface area contributed by atoms with Crippen molar-refractivity contribution in [1.82, 2.24) is 0 Å². The molecule has 0 fully saturated rings. The average Bonchev–Trinajstić information content (AvgIpc) is 2.81. The molecular weight excluding hydrogens is 427 g/mol. The molecule has 0 aromatic heterocycles. The standard InChI is InChI=1S/C25H19FN2O5/c26-16-5-3-4-15(12-16)25(32)28-20-9-11-23(19-7-2-1-6-18(19)20)33-14-24(31)27-17-8-10-21(29)22(30)13-17/h1-13,29-30H,14H2,(H,27,31)(H,28,32). The zero-order valence-corrected chi connectivity index (χ0v) is 17.2. The first-order chi connectivity index (χ1) is 15.9. The molecule has 4 rings (SSSR count). The number of phenols is 2. The van der Waals surface area contributed by atoms with Crippen molar-refractivity contribution in [1.29, 1.82) is 0 Å². The average molecular weight is 446 g/mol. The Morgan fingerprint density at radius 1 is 0.818 bits per heavy atom. The maximum absolute atomic E-state index is 13.4. The van der Waals surface area contributed by atoms with Crippen LogP contribution in [0.2, 0.25) is 0 Å². The monoisotopic (exact) mass is 446 g/mol. The fourth-order valence-corrected chi connectivity index (χ4v) is 3.27. The van der Waals surface area contributed by atoms with Gasteiger partial charge >= 0.3 is 0 Å². The first kappa shape index (κ1) is 21.6. The highest BCUT2D eigenvalue weighted by molar-refractivity contribution is 6.10. The number of carbonyl (C=O) groups is 2. The Balaban J connectivity index is 1.49. The number of ether oxygens (including phenoxy) is 1. The van der Waals surface area contributed by atoms with Gasteiger partial charge in [0.25, 0.3) is 11.8 Å². The van der Waals surface area contributed by atoms with Crippen molar-refractivity contribution in [2.75, 3.05) is 17.2 Å². The Morgan fingerprint density at radius 3 is 2.36 bits per heavy atom.